The number of carbonyl (C=O) groups excluding carboxylic acids is 3. The molecule has 0 bridgehead atoms. The average molecular weight is 424 g/mol. The van der Waals surface area contributed by atoms with Gasteiger partial charge < -0.3 is 20.3 Å². The van der Waals surface area contributed by atoms with Crippen molar-refractivity contribution in [2.24, 2.45) is 5.92 Å². The third kappa shape index (κ3) is 5.63. The number of ether oxygens (including phenoxy) is 1. The summed E-state index contributed by atoms with van der Waals surface area (Å²) < 4.78 is 5.12. The van der Waals surface area contributed by atoms with E-state index < -0.39 is 0 Å². The molecule has 1 fully saturated rings. The summed E-state index contributed by atoms with van der Waals surface area (Å²) in [6, 6.07) is 13.7. The van der Waals surface area contributed by atoms with Crippen molar-refractivity contribution in [3.63, 3.8) is 0 Å². The first-order valence-corrected chi connectivity index (χ1v) is 10.5. The molecule has 3 amide bonds. The average Bonchev–Trinajstić information content (AvgIpc) is 2.79. The summed E-state index contributed by atoms with van der Waals surface area (Å²) in [5.41, 5.74) is 1.36. The van der Waals surface area contributed by atoms with Crippen LogP contribution in [0.5, 0.6) is 5.75 Å². The largest absolute Gasteiger partial charge is 0.497 e. The van der Waals surface area contributed by atoms with E-state index in [2.05, 4.69) is 10.6 Å². The fourth-order valence-electron chi connectivity index (χ4n) is 3.53. The Labute approximate surface area is 182 Å². The number of likely N-dealkylation sites (tertiary alicyclic amines) is 1. The fraction of sp³-hybridized carbons (Fsp3) is 0.375. The van der Waals surface area contributed by atoms with Gasteiger partial charge in [-0.05, 0) is 49.2 Å². The van der Waals surface area contributed by atoms with E-state index in [0.717, 1.165) is 12.8 Å². The van der Waals surface area contributed by atoms with Crippen LogP contribution in [0.15, 0.2) is 48.5 Å². The van der Waals surface area contributed by atoms with E-state index in [-0.39, 0.29) is 29.7 Å². The van der Waals surface area contributed by atoms with Crippen molar-refractivity contribution in [2.75, 3.05) is 25.5 Å². The Kier molecular flexibility index (Phi) is 7.28. The molecule has 2 aromatic carbocycles. The number of rotatable bonds is 6. The molecule has 164 valence electrons. The van der Waals surface area contributed by atoms with Crippen LogP contribution in [0, 0.1) is 5.92 Å². The third-order valence-electron chi connectivity index (χ3n) is 5.34. The number of anilines is 1. The second kappa shape index (κ2) is 10.1. The Morgan fingerprint density at radius 1 is 1.06 bits per heavy atom. The predicted octanol–water partition coefficient (Wildman–Crippen LogP) is 3.32. The molecule has 1 heterocycles. The molecule has 3 rings (SSSR count). The summed E-state index contributed by atoms with van der Waals surface area (Å²) >= 11 is 0. The maximum Gasteiger partial charge on any atom is 0.256 e. The minimum atomic E-state index is -0.302. The smallest absolute Gasteiger partial charge is 0.256 e. The van der Waals surface area contributed by atoms with Crippen molar-refractivity contribution in [1.82, 2.24) is 10.2 Å². The van der Waals surface area contributed by atoms with Gasteiger partial charge in [0.1, 0.15) is 5.75 Å². The highest BCUT2D eigenvalue weighted by Gasteiger charge is 2.27. The minimum absolute atomic E-state index is 0.00791. The molecule has 0 aromatic heterocycles. The van der Waals surface area contributed by atoms with Crippen molar-refractivity contribution >= 4 is 23.4 Å². The number of benzene rings is 2. The highest BCUT2D eigenvalue weighted by Crippen LogP contribution is 2.21. The first-order chi connectivity index (χ1) is 14.9. The molecule has 1 aliphatic heterocycles. The quantitative estimate of drug-likeness (QED) is 0.746. The summed E-state index contributed by atoms with van der Waals surface area (Å²) in [5.74, 6) is 0.0977. The van der Waals surface area contributed by atoms with Gasteiger partial charge in [-0.25, -0.2) is 0 Å². The van der Waals surface area contributed by atoms with Crippen LogP contribution >= 0.6 is 0 Å². The second-order valence-electron chi connectivity index (χ2n) is 7.98. The minimum Gasteiger partial charge on any atom is -0.497 e. The highest BCUT2D eigenvalue weighted by molar-refractivity contribution is 6.09. The van der Waals surface area contributed by atoms with E-state index in [0.29, 0.717) is 35.7 Å². The number of methoxy groups -OCH3 is 1. The fourth-order valence-corrected chi connectivity index (χ4v) is 3.53. The van der Waals surface area contributed by atoms with Crippen molar-refractivity contribution in [3.8, 4) is 5.75 Å². The zero-order valence-electron chi connectivity index (χ0n) is 18.2. The van der Waals surface area contributed by atoms with Gasteiger partial charge >= 0.3 is 0 Å². The maximum absolute atomic E-state index is 13.2. The molecule has 0 spiro atoms. The lowest BCUT2D eigenvalue weighted by Crippen LogP contribution is -2.50. The van der Waals surface area contributed by atoms with Gasteiger partial charge in [-0.3, -0.25) is 14.4 Å². The van der Waals surface area contributed by atoms with Crippen LogP contribution in [0.25, 0.3) is 0 Å². The number of carbonyl (C=O) groups is 3. The van der Waals surface area contributed by atoms with Gasteiger partial charge in [0.15, 0.2) is 0 Å². The number of hydrogen-bond donors (Lipinski definition) is 2. The van der Waals surface area contributed by atoms with Gasteiger partial charge in [0.25, 0.3) is 11.8 Å². The molecule has 31 heavy (non-hydrogen) atoms. The van der Waals surface area contributed by atoms with E-state index in [1.807, 2.05) is 13.8 Å². The lowest BCUT2D eigenvalue weighted by Gasteiger charge is -2.34. The predicted molar refractivity (Wildman–Crippen MR) is 119 cm³/mol. The van der Waals surface area contributed by atoms with Crippen molar-refractivity contribution in [3.05, 3.63) is 59.7 Å². The first kappa shape index (κ1) is 22.3. The van der Waals surface area contributed by atoms with Crippen LogP contribution < -0.4 is 15.4 Å². The summed E-state index contributed by atoms with van der Waals surface area (Å²) in [6.45, 7) is 4.78. The van der Waals surface area contributed by atoms with Crippen molar-refractivity contribution in [2.45, 2.75) is 32.7 Å². The summed E-state index contributed by atoms with van der Waals surface area (Å²) in [4.78, 5) is 39.7. The molecule has 2 N–H and O–H groups in total. The van der Waals surface area contributed by atoms with Crippen LogP contribution in [-0.4, -0.2) is 48.9 Å². The van der Waals surface area contributed by atoms with E-state index in [4.69, 9.17) is 4.74 Å². The van der Waals surface area contributed by atoms with Crippen LogP contribution in [0.4, 0.5) is 5.69 Å². The van der Waals surface area contributed by atoms with Crippen LogP contribution in [-0.2, 0) is 4.79 Å². The molecular formula is C24H29N3O4. The zero-order valence-corrected chi connectivity index (χ0v) is 18.2. The summed E-state index contributed by atoms with van der Waals surface area (Å²) in [5, 5.41) is 5.87. The summed E-state index contributed by atoms with van der Waals surface area (Å²) in [6.07, 6.45) is 1.66. The number of hydrogen-bond acceptors (Lipinski definition) is 4. The standard InChI is InChI=1S/C24H29N3O4/c1-16(2)22(28)25-18-7-6-14-27(15-18)24(30)20-8-4-5-9-21(20)26-23(29)17-10-12-19(31-3)13-11-17/h4-5,8-13,16,18H,6-7,14-15H2,1-3H3,(H,25,28)(H,26,29). The van der Waals surface area contributed by atoms with E-state index in [9.17, 15) is 14.4 Å². The molecule has 1 atom stereocenters. The Morgan fingerprint density at radius 3 is 2.45 bits per heavy atom. The monoisotopic (exact) mass is 423 g/mol. The first-order valence-electron chi connectivity index (χ1n) is 10.5. The number of amides is 3. The lowest BCUT2D eigenvalue weighted by molar-refractivity contribution is -0.125. The molecule has 1 unspecified atom stereocenters. The number of piperidine rings is 1. The molecule has 7 heteroatoms. The zero-order chi connectivity index (χ0) is 22.4. The topological polar surface area (TPSA) is 87.7 Å². The Bertz CT molecular complexity index is 940. The molecule has 1 aliphatic rings. The highest BCUT2D eigenvalue weighted by atomic mass is 16.5. The molecular weight excluding hydrogens is 394 g/mol. The van der Waals surface area contributed by atoms with Gasteiger partial charge in [0, 0.05) is 30.6 Å². The van der Waals surface area contributed by atoms with Crippen LogP contribution in [0.2, 0.25) is 0 Å². The molecule has 0 radical (unpaired) electrons. The molecule has 0 aliphatic carbocycles. The van der Waals surface area contributed by atoms with Crippen molar-refractivity contribution < 1.29 is 19.1 Å². The lowest BCUT2D eigenvalue weighted by atomic mass is 10.0. The Morgan fingerprint density at radius 2 is 1.77 bits per heavy atom. The summed E-state index contributed by atoms with van der Waals surface area (Å²) in [7, 11) is 1.57. The number of para-hydroxylation sites is 1. The van der Waals surface area contributed by atoms with Crippen LogP contribution in [0.3, 0.4) is 0 Å². The molecule has 2 aromatic rings. The number of nitrogens with one attached hydrogen (secondary N) is 2. The Balaban J connectivity index is 1.72. The van der Waals surface area contributed by atoms with Crippen LogP contribution in [0.1, 0.15) is 47.4 Å². The molecule has 1 saturated heterocycles. The van der Waals surface area contributed by atoms with Gasteiger partial charge in [0.2, 0.25) is 5.91 Å². The van der Waals surface area contributed by atoms with Gasteiger partial charge in [-0.1, -0.05) is 26.0 Å². The van der Waals surface area contributed by atoms with Gasteiger partial charge in [-0.2, -0.15) is 0 Å². The van der Waals surface area contributed by atoms with Gasteiger partial charge in [-0.15, -0.1) is 0 Å². The van der Waals surface area contributed by atoms with E-state index in [1.54, 1.807) is 60.5 Å². The maximum atomic E-state index is 13.2. The normalized spacial score (nSPS) is 16.0. The number of nitrogens with zero attached hydrogens (tertiary/aromatic N) is 1. The van der Waals surface area contributed by atoms with E-state index >= 15 is 0 Å². The Hall–Kier alpha value is -3.35. The van der Waals surface area contributed by atoms with E-state index in [1.165, 1.54) is 0 Å². The SMILES string of the molecule is COc1ccc(C(=O)Nc2ccccc2C(=O)N2CCCC(NC(=O)C(C)C)C2)cc1. The second-order valence-corrected chi connectivity index (χ2v) is 7.98. The third-order valence-corrected chi connectivity index (χ3v) is 5.34. The van der Waals surface area contributed by atoms with Crippen molar-refractivity contribution in [1.29, 1.82) is 0 Å². The molecule has 0 saturated carbocycles. The molecule has 7 nitrogen and oxygen atoms in total. The van der Waals surface area contributed by atoms with Gasteiger partial charge in [0.05, 0.1) is 18.4 Å².